The molecule has 1 heterocycles. The molecule has 0 unspecified atom stereocenters. The quantitative estimate of drug-likeness (QED) is 0.874. The van der Waals surface area contributed by atoms with E-state index in [-0.39, 0.29) is 12.6 Å². The van der Waals surface area contributed by atoms with Gasteiger partial charge in [0.1, 0.15) is 0 Å². The topological polar surface area (TPSA) is 23.5 Å². The van der Waals surface area contributed by atoms with Gasteiger partial charge in [-0.3, -0.25) is 4.90 Å². The second kappa shape index (κ2) is 6.25. The average molecular weight is 255 g/mol. The first kappa shape index (κ1) is 13.4. The van der Waals surface area contributed by atoms with Crippen LogP contribution in [0.2, 0.25) is 0 Å². The third-order valence-electron chi connectivity index (χ3n) is 3.55. The maximum Gasteiger partial charge on any atom is 0.251 e. The number of benzene rings is 1. The van der Waals surface area contributed by atoms with Crippen LogP contribution in [-0.4, -0.2) is 35.6 Å². The van der Waals surface area contributed by atoms with Gasteiger partial charge in [-0.2, -0.15) is 0 Å². The van der Waals surface area contributed by atoms with Crippen molar-refractivity contribution < 1.29 is 13.9 Å². The average Bonchev–Trinajstić information content (AvgIpc) is 2.77. The summed E-state index contributed by atoms with van der Waals surface area (Å²) in [5, 5.41) is 10.1. The molecule has 0 saturated carbocycles. The normalized spacial score (nSPS) is 22.6. The van der Waals surface area contributed by atoms with Crippen molar-refractivity contribution >= 4 is 0 Å². The number of nitrogens with zero attached hydrogens (tertiary/aromatic N) is 1. The predicted molar refractivity (Wildman–Crippen MR) is 66.6 cm³/mol. The Morgan fingerprint density at radius 1 is 1.28 bits per heavy atom. The first-order valence-electron chi connectivity index (χ1n) is 6.42. The minimum Gasteiger partial charge on any atom is -0.388 e. The highest BCUT2D eigenvalue weighted by molar-refractivity contribution is 5.17. The summed E-state index contributed by atoms with van der Waals surface area (Å²) in [7, 11) is 0. The molecule has 0 radical (unpaired) electrons. The van der Waals surface area contributed by atoms with Gasteiger partial charge in [0, 0.05) is 6.04 Å². The van der Waals surface area contributed by atoms with Crippen molar-refractivity contribution in [2.75, 3.05) is 13.1 Å². The molecule has 1 saturated heterocycles. The van der Waals surface area contributed by atoms with Crippen LogP contribution in [0.25, 0.3) is 0 Å². The summed E-state index contributed by atoms with van der Waals surface area (Å²) >= 11 is 0. The fourth-order valence-electron chi connectivity index (χ4n) is 2.65. The summed E-state index contributed by atoms with van der Waals surface area (Å²) in [5.74, 6) is 0. The number of halogens is 2. The SMILES string of the molecule is O[C@@H](C[C@@H]1CCCN1CC(F)F)c1ccccc1. The minimum atomic E-state index is -2.29. The van der Waals surface area contributed by atoms with Crippen LogP contribution < -0.4 is 0 Å². The third-order valence-corrected chi connectivity index (χ3v) is 3.55. The Hall–Kier alpha value is -1.00. The molecule has 1 fully saturated rings. The summed E-state index contributed by atoms with van der Waals surface area (Å²) in [6.07, 6.45) is -0.472. The van der Waals surface area contributed by atoms with Gasteiger partial charge in [-0.25, -0.2) is 8.78 Å². The Kier molecular flexibility index (Phi) is 4.66. The molecule has 4 heteroatoms. The van der Waals surface area contributed by atoms with Gasteiger partial charge in [0.05, 0.1) is 12.6 Å². The Bertz CT molecular complexity index is 358. The van der Waals surface area contributed by atoms with E-state index in [1.54, 1.807) is 4.90 Å². The molecule has 0 amide bonds. The van der Waals surface area contributed by atoms with E-state index in [0.29, 0.717) is 6.42 Å². The van der Waals surface area contributed by atoms with Crippen LogP contribution in [0, 0.1) is 0 Å². The van der Waals surface area contributed by atoms with Crippen molar-refractivity contribution in [2.45, 2.75) is 37.8 Å². The molecule has 1 aromatic rings. The molecule has 1 aliphatic heterocycles. The second-order valence-corrected chi connectivity index (χ2v) is 4.84. The van der Waals surface area contributed by atoms with Crippen LogP contribution in [0.15, 0.2) is 30.3 Å². The molecule has 2 rings (SSSR count). The molecule has 1 aromatic carbocycles. The molecule has 1 aliphatic rings. The first-order valence-corrected chi connectivity index (χ1v) is 6.42. The number of aliphatic hydroxyl groups excluding tert-OH is 1. The van der Waals surface area contributed by atoms with E-state index >= 15 is 0 Å². The highest BCUT2D eigenvalue weighted by atomic mass is 19.3. The summed E-state index contributed by atoms with van der Waals surface area (Å²) < 4.78 is 24.8. The van der Waals surface area contributed by atoms with Gasteiger partial charge in [0.25, 0.3) is 6.43 Å². The maximum atomic E-state index is 12.4. The van der Waals surface area contributed by atoms with Gasteiger partial charge in [-0.05, 0) is 31.4 Å². The van der Waals surface area contributed by atoms with Crippen molar-refractivity contribution in [3.8, 4) is 0 Å². The molecule has 2 atom stereocenters. The molecule has 100 valence electrons. The van der Waals surface area contributed by atoms with Crippen LogP contribution in [0.1, 0.15) is 30.9 Å². The van der Waals surface area contributed by atoms with Gasteiger partial charge in [0.2, 0.25) is 0 Å². The molecule has 1 N–H and O–H groups in total. The Balaban J connectivity index is 1.92. The van der Waals surface area contributed by atoms with Crippen molar-refractivity contribution in [1.82, 2.24) is 4.90 Å². The first-order chi connectivity index (χ1) is 8.66. The zero-order valence-electron chi connectivity index (χ0n) is 10.3. The van der Waals surface area contributed by atoms with Gasteiger partial charge in [0.15, 0.2) is 0 Å². The molecular weight excluding hydrogens is 236 g/mol. The highest BCUT2D eigenvalue weighted by Gasteiger charge is 2.28. The fourth-order valence-corrected chi connectivity index (χ4v) is 2.65. The number of likely N-dealkylation sites (tertiary alicyclic amines) is 1. The van der Waals surface area contributed by atoms with Gasteiger partial charge in [-0.1, -0.05) is 30.3 Å². The van der Waals surface area contributed by atoms with Crippen LogP contribution in [0.3, 0.4) is 0 Å². The molecule has 0 bridgehead atoms. The lowest BCUT2D eigenvalue weighted by atomic mass is 10.0. The van der Waals surface area contributed by atoms with E-state index in [1.807, 2.05) is 30.3 Å². The summed E-state index contributed by atoms with van der Waals surface area (Å²) in [5.41, 5.74) is 0.862. The van der Waals surface area contributed by atoms with E-state index in [4.69, 9.17) is 0 Å². The summed E-state index contributed by atoms with van der Waals surface area (Å²) in [6.45, 7) is 0.544. The maximum absolute atomic E-state index is 12.4. The standard InChI is InChI=1S/C14H19F2NO/c15-14(16)10-17-8-4-7-12(17)9-13(18)11-5-2-1-3-6-11/h1-3,5-6,12-14,18H,4,7-10H2/t12-,13-/m0/s1. The van der Waals surface area contributed by atoms with Crippen molar-refractivity contribution in [3.63, 3.8) is 0 Å². The van der Waals surface area contributed by atoms with Gasteiger partial charge in [-0.15, -0.1) is 0 Å². The minimum absolute atomic E-state index is 0.0780. The predicted octanol–water partition coefficient (Wildman–Crippen LogP) is 2.84. The lowest BCUT2D eigenvalue weighted by Gasteiger charge is -2.26. The molecule has 0 spiro atoms. The molecule has 18 heavy (non-hydrogen) atoms. The smallest absolute Gasteiger partial charge is 0.251 e. The van der Waals surface area contributed by atoms with Crippen molar-refractivity contribution in [1.29, 1.82) is 0 Å². The summed E-state index contributed by atoms with van der Waals surface area (Å²) in [6, 6.07) is 9.48. The van der Waals surface area contributed by atoms with E-state index < -0.39 is 12.5 Å². The van der Waals surface area contributed by atoms with E-state index in [0.717, 1.165) is 24.9 Å². The summed E-state index contributed by atoms with van der Waals surface area (Å²) in [4.78, 5) is 1.80. The molecule has 0 aromatic heterocycles. The zero-order chi connectivity index (χ0) is 13.0. The molecule has 2 nitrogen and oxygen atoms in total. The Labute approximate surface area is 106 Å². The van der Waals surface area contributed by atoms with Crippen LogP contribution in [0.4, 0.5) is 8.78 Å². The van der Waals surface area contributed by atoms with Gasteiger partial charge < -0.3 is 5.11 Å². The van der Waals surface area contributed by atoms with Crippen LogP contribution >= 0.6 is 0 Å². The largest absolute Gasteiger partial charge is 0.388 e. The zero-order valence-corrected chi connectivity index (χ0v) is 10.3. The number of alkyl halides is 2. The van der Waals surface area contributed by atoms with Crippen LogP contribution in [0.5, 0.6) is 0 Å². The number of hydrogen-bond donors (Lipinski definition) is 1. The van der Waals surface area contributed by atoms with E-state index in [9.17, 15) is 13.9 Å². The van der Waals surface area contributed by atoms with Gasteiger partial charge >= 0.3 is 0 Å². The van der Waals surface area contributed by atoms with Crippen molar-refractivity contribution in [2.24, 2.45) is 0 Å². The van der Waals surface area contributed by atoms with E-state index in [2.05, 4.69) is 0 Å². The Morgan fingerprint density at radius 3 is 2.67 bits per heavy atom. The van der Waals surface area contributed by atoms with Crippen molar-refractivity contribution in [3.05, 3.63) is 35.9 Å². The number of rotatable bonds is 5. The number of aliphatic hydroxyl groups is 1. The van der Waals surface area contributed by atoms with E-state index in [1.165, 1.54) is 0 Å². The molecular formula is C14H19F2NO. The second-order valence-electron chi connectivity index (χ2n) is 4.84. The lowest BCUT2D eigenvalue weighted by Crippen LogP contribution is -2.34. The van der Waals surface area contributed by atoms with Crippen LogP contribution in [-0.2, 0) is 0 Å². The third kappa shape index (κ3) is 3.50. The highest BCUT2D eigenvalue weighted by Crippen LogP contribution is 2.27. The Morgan fingerprint density at radius 2 is 2.00 bits per heavy atom. The lowest BCUT2D eigenvalue weighted by molar-refractivity contribution is 0.0626. The monoisotopic (exact) mass is 255 g/mol. The number of hydrogen-bond acceptors (Lipinski definition) is 2. The fraction of sp³-hybridized carbons (Fsp3) is 0.571. The molecule has 0 aliphatic carbocycles.